The highest BCUT2D eigenvalue weighted by Crippen LogP contribution is 2.27. The molecule has 0 fully saturated rings. The highest BCUT2D eigenvalue weighted by atomic mass is 16.4. The molecular formula is C24H22N2O2. The summed E-state index contributed by atoms with van der Waals surface area (Å²) in [4.78, 5) is 15.4. The van der Waals surface area contributed by atoms with E-state index in [0.29, 0.717) is 6.42 Å². The van der Waals surface area contributed by atoms with Crippen LogP contribution < -0.4 is 0 Å². The Hall–Kier alpha value is -3.40. The molecule has 0 saturated carbocycles. The zero-order chi connectivity index (χ0) is 19.3. The molecule has 0 unspecified atom stereocenters. The van der Waals surface area contributed by atoms with Crippen LogP contribution in [0.4, 0.5) is 0 Å². The summed E-state index contributed by atoms with van der Waals surface area (Å²) < 4.78 is 2.21. The Bertz CT molecular complexity index is 1090. The maximum absolute atomic E-state index is 10.9. The van der Waals surface area contributed by atoms with Gasteiger partial charge in [0.2, 0.25) is 0 Å². The van der Waals surface area contributed by atoms with Crippen molar-refractivity contribution in [3.05, 3.63) is 95.9 Å². The Morgan fingerprint density at radius 1 is 0.929 bits per heavy atom. The smallest absolute Gasteiger partial charge is 0.303 e. The standard InChI is InChI=1S/C24H22N2O2/c27-24(28)14-10-18-9-13-23-22(16-18)19(11-12-20-6-4-5-15-25-20)17-26(23)21-7-2-1-3-8-21/h1-9,13,15-17H,10-12,14H2,(H,27,28). The lowest BCUT2D eigenvalue weighted by molar-refractivity contribution is -0.136. The summed E-state index contributed by atoms with van der Waals surface area (Å²) >= 11 is 0. The molecule has 2 aromatic carbocycles. The predicted octanol–water partition coefficient (Wildman–Crippen LogP) is 4.83. The minimum atomic E-state index is -0.766. The lowest BCUT2D eigenvalue weighted by Gasteiger charge is -2.06. The van der Waals surface area contributed by atoms with Gasteiger partial charge in [0.25, 0.3) is 0 Å². The predicted molar refractivity (Wildman–Crippen MR) is 111 cm³/mol. The summed E-state index contributed by atoms with van der Waals surface area (Å²) in [5.74, 6) is -0.766. The van der Waals surface area contributed by atoms with Gasteiger partial charge in [-0.2, -0.15) is 0 Å². The van der Waals surface area contributed by atoms with E-state index in [1.54, 1.807) is 0 Å². The number of hydrogen-bond acceptors (Lipinski definition) is 2. The van der Waals surface area contributed by atoms with E-state index in [9.17, 15) is 4.79 Å². The number of fused-ring (bicyclic) bond motifs is 1. The maximum atomic E-state index is 10.9. The van der Waals surface area contributed by atoms with Crippen molar-refractivity contribution >= 4 is 16.9 Å². The summed E-state index contributed by atoms with van der Waals surface area (Å²) in [5.41, 5.74) is 5.64. The fourth-order valence-corrected chi connectivity index (χ4v) is 3.56. The van der Waals surface area contributed by atoms with Crippen LogP contribution in [0.5, 0.6) is 0 Å². The molecule has 0 bridgehead atoms. The van der Waals surface area contributed by atoms with Gasteiger partial charge in [-0.25, -0.2) is 0 Å². The lowest BCUT2D eigenvalue weighted by atomic mass is 10.0. The molecule has 4 aromatic rings. The van der Waals surface area contributed by atoms with Crippen molar-refractivity contribution in [1.29, 1.82) is 0 Å². The van der Waals surface area contributed by atoms with Crippen LogP contribution in [-0.2, 0) is 24.1 Å². The number of carbonyl (C=O) groups is 1. The van der Waals surface area contributed by atoms with Gasteiger partial charge in [0.05, 0.1) is 5.52 Å². The minimum absolute atomic E-state index is 0.147. The largest absolute Gasteiger partial charge is 0.481 e. The summed E-state index contributed by atoms with van der Waals surface area (Å²) in [6.45, 7) is 0. The van der Waals surface area contributed by atoms with Crippen molar-refractivity contribution in [2.75, 3.05) is 0 Å². The number of pyridine rings is 1. The van der Waals surface area contributed by atoms with Gasteiger partial charge in [-0.3, -0.25) is 9.78 Å². The lowest BCUT2D eigenvalue weighted by Crippen LogP contribution is -1.97. The molecule has 4 rings (SSSR count). The van der Waals surface area contributed by atoms with E-state index in [4.69, 9.17) is 5.11 Å². The first-order chi connectivity index (χ1) is 13.7. The molecule has 4 heteroatoms. The van der Waals surface area contributed by atoms with Crippen molar-refractivity contribution in [2.45, 2.75) is 25.7 Å². The third-order valence-electron chi connectivity index (χ3n) is 4.99. The van der Waals surface area contributed by atoms with Gasteiger partial charge in [-0.05, 0) is 66.8 Å². The normalized spacial score (nSPS) is 11.0. The van der Waals surface area contributed by atoms with Crippen molar-refractivity contribution in [2.24, 2.45) is 0 Å². The number of hydrogen-bond donors (Lipinski definition) is 1. The average molecular weight is 370 g/mol. The summed E-state index contributed by atoms with van der Waals surface area (Å²) in [5, 5.41) is 10.2. The monoisotopic (exact) mass is 370 g/mol. The van der Waals surface area contributed by atoms with Gasteiger partial charge in [0, 0.05) is 35.6 Å². The van der Waals surface area contributed by atoms with Crippen molar-refractivity contribution in [1.82, 2.24) is 9.55 Å². The van der Waals surface area contributed by atoms with Crippen molar-refractivity contribution in [3.63, 3.8) is 0 Å². The van der Waals surface area contributed by atoms with E-state index >= 15 is 0 Å². The third-order valence-corrected chi connectivity index (χ3v) is 4.99. The fraction of sp³-hybridized carbons (Fsp3) is 0.167. The second kappa shape index (κ2) is 8.09. The van der Waals surface area contributed by atoms with Crippen molar-refractivity contribution in [3.8, 4) is 5.69 Å². The molecule has 0 spiro atoms. The third kappa shape index (κ3) is 3.96. The Balaban J connectivity index is 1.72. The van der Waals surface area contributed by atoms with E-state index < -0.39 is 5.97 Å². The topological polar surface area (TPSA) is 55.1 Å². The number of benzene rings is 2. The average Bonchev–Trinajstić information content (AvgIpc) is 3.10. The molecule has 0 aliphatic carbocycles. The maximum Gasteiger partial charge on any atom is 0.303 e. The van der Waals surface area contributed by atoms with E-state index in [2.05, 4.69) is 46.1 Å². The second-order valence-electron chi connectivity index (χ2n) is 6.93. The van der Waals surface area contributed by atoms with Crippen LogP contribution in [0, 0.1) is 0 Å². The number of carboxylic acid groups (broad SMARTS) is 1. The Morgan fingerprint density at radius 3 is 2.50 bits per heavy atom. The SMILES string of the molecule is O=C(O)CCc1ccc2c(c1)c(CCc1ccccn1)cn2-c1ccccc1. The molecule has 0 atom stereocenters. The number of nitrogens with zero attached hydrogens (tertiary/aromatic N) is 2. The minimum Gasteiger partial charge on any atom is -0.481 e. The highest BCUT2D eigenvalue weighted by molar-refractivity contribution is 5.86. The Morgan fingerprint density at radius 2 is 1.75 bits per heavy atom. The number of carboxylic acids is 1. The van der Waals surface area contributed by atoms with E-state index in [0.717, 1.165) is 35.3 Å². The molecule has 0 aliphatic heterocycles. The van der Waals surface area contributed by atoms with E-state index in [1.807, 2.05) is 42.6 Å². The van der Waals surface area contributed by atoms with Crippen LogP contribution in [0.3, 0.4) is 0 Å². The quantitative estimate of drug-likeness (QED) is 0.507. The van der Waals surface area contributed by atoms with E-state index in [1.165, 1.54) is 10.9 Å². The van der Waals surface area contributed by atoms with Gasteiger partial charge in [0.15, 0.2) is 0 Å². The summed E-state index contributed by atoms with van der Waals surface area (Å²) in [6.07, 6.45) is 6.47. The molecule has 0 aliphatic rings. The van der Waals surface area contributed by atoms with Gasteiger partial charge < -0.3 is 9.67 Å². The number of aliphatic carboxylic acids is 1. The first-order valence-electron chi connectivity index (χ1n) is 9.51. The molecule has 2 heterocycles. The molecule has 4 nitrogen and oxygen atoms in total. The first-order valence-corrected chi connectivity index (χ1v) is 9.51. The molecule has 0 saturated heterocycles. The molecule has 28 heavy (non-hydrogen) atoms. The second-order valence-corrected chi connectivity index (χ2v) is 6.93. The van der Waals surface area contributed by atoms with Gasteiger partial charge in [0.1, 0.15) is 0 Å². The number of para-hydroxylation sites is 1. The van der Waals surface area contributed by atoms with Crippen LogP contribution >= 0.6 is 0 Å². The number of aryl methyl sites for hydroxylation is 3. The Labute approximate surface area is 164 Å². The molecule has 0 radical (unpaired) electrons. The van der Waals surface area contributed by atoms with Crippen LogP contribution in [0.25, 0.3) is 16.6 Å². The molecule has 2 aromatic heterocycles. The highest BCUT2D eigenvalue weighted by Gasteiger charge is 2.12. The molecular weight excluding hydrogens is 348 g/mol. The number of aromatic nitrogens is 2. The van der Waals surface area contributed by atoms with Crippen LogP contribution in [0.2, 0.25) is 0 Å². The summed E-state index contributed by atoms with van der Waals surface area (Å²) in [7, 11) is 0. The van der Waals surface area contributed by atoms with Gasteiger partial charge >= 0.3 is 5.97 Å². The first kappa shape index (κ1) is 18.0. The summed E-state index contributed by atoms with van der Waals surface area (Å²) in [6, 6.07) is 22.6. The van der Waals surface area contributed by atoms with Gasteiger partial charge in [-0.15, -0.1) is 0 Å². The molecule has 1 N–H and O–H groups in total. The van der Waals surface area contributed by atoms with Gasteiger partial charge in [-0.1, -0.05) is 30.3 Å². The molecule has 0 amide bonds. The zero-order valence-corrected chi connectivity index (χ0v) is 15.6. The molecule has 140 valence electrons. The van der Waals surface area contributed by atoms with E-state index in [-0.39, 0.29) is 6.42 Å². The van der Waals surface area contributed by atoms with Crippen LogP contribution in [-0.4, -0.2) is 20.6 Å². The van der Waals surface area contributed by atoms with Crippen LogP contribution in [0.15, 0.2) is 79.1 Å². The zero-order valence-electron chi connectivity index (χ0n) is 15.6. The fourth-order valence-electron chi connectivity index (χ4n) is 3.56. The Kier molecular flexibility index (Phi) is 5.20. The van der Waals surface area contributed by atoms with Crippen LogP contribution in [0.1, 0.15) is 23.2 Å². The number of rotatable bonds is 7. The van der Waals surface area contributed by atoms with Crippen molar-refractivity contribution < 1.29 is 9.90 Å².